The highest BCUT2D eigenvalue weighted by Crippen LogP contribution is 2.50. The van der Waals surface area contributed by atoms with Crippen LogP contribution in [0.15, 0.2) is 47.0 Å². The predicted molar refractivity (Wildman–Crippen MR) is 89.4 cm³/mol. The van der Waals surface area contributed by atoms with E-state index in [1.54, 1.807) is 0 Å². The summed E-state index contributed by atoms with van der Waals surface area (Å²) in [5.74, 6) is 1.02. The van der Waals surface area contributed by atoms with Crippen molar-refractivity contribution in [3.05, 3.63) is 59.5 Å². The van der Waals surface area contributed by atoms with Crippen LogP contribution in [-0.2, 0) is 4.79 Å². The monoisotopic (exact) mass is 306 g/mol. The van der Waals surface area contributed by atoms with Crippen molar-refractivity contribution < 1.29 is 9.32 Å². The van der Waals surface area contributed by atoms with Crippen molar-refractivity contribution in [2.24, 2.45) is 5.92 Å². The van der Waals surface area contributed by atoms with Gasteiger partial charge in [0.25, 0.3) is 0 Å². The van der Waals surface area contributed by atoms with Gasteiger partial charge in [0.2, 0.25) is 5.91 Å². The van der Waals surface area contributed by atoms with Crippen molar-refractivity contribution in [3.63, 3.8) is 0 Å². The van der Waals surface area contributed by atoms with Crippen molar-refractivity contribution in [2.45, 2.75) is 26.2 Å². The molecule has 0 radical (unpaired) electrons. The summed E-state index contributed by atoms with van der Waals surface area (Å²) in [4.78, 5) is 12.5. The summed E-state index contributed by atoms with van der Waals surface area (Å²) in [5, 5.41) is 9.32. The van der Waals surface area contributed by atoms with E-state index in [-0.39, 0.29) is 11.8 Å². The molecule has 23 heavy (non-hydrogen) atoms. The highest BCUT2D eigenvalue weighted by Gasteiger charge is 2.44. The smallest absolute Gasteiger partial charge is 0.228 e. The number of benzene rings is 2. The minimum absolute atomic E-state index is 0.0227. The van der Waals surface area contributed by atoms with E-state index in [1.807, 2.05) is 26.0 Å². The Labute approximate surface area is 134 Å². The van der Waals surface area contributed by atoms with E-state index in [0.29, 0.717) is 17.4 Å². The predicted octanol–water partition coefficient (Wildman–Crippen LogP) is 4.19. The highest BCUT2D eigenvalue weighted by atomic mass is 16.5. The fourth-order valence-corrected chi connectivity index (χ4v) is 3.28. The van der Waals surface area contributed by atoms with Gasteiger partial charge in [-0.2, -0.15) is 0 Å². The first-order chi connectivity index (χ1) is 11.1. The van der Waals surface area contributed by atoms with E-state index in [2.05, 4.69) is 40.8 Å². The van der Waals surface area contributed by atoms with Crippen molar-refractivity contribution in [1.29, 1.82) is 0 Å². The van der Waals surface area contributed by atoms with Crippen LogP contribution < -0.4 is 5.32 Å². The standard InChI is InChI=1S/C19H18N2O2/c1-11-18(12(2)23-21-11)20-19(22)17-10-16(17)15-9-5-7-13-6-3-4-8-14(13)15/h3-9,16-17H,10H2,1-2H3,(H,20,22)/t16-,17+/m1/s1. The lowest BCUT2D eigenvalue weighted by molar-refractivity contribution is -0.117. The second kappa shape index (κ2) is 5.23. The number of rotatable bonds is 3. The molecule has 1 aromatic heterocycles. The van der Waals surface area contributed by atoms with Gasteiger partial charge in [0, 0.05) is 5.92 Å². The number of aromatic nitrogens is 1. The first kappa shape index (κ1) is 14.0. The maximum Gasteiger partial charge on any atom is 0.228 e. The molecule has 0 bridgehead atoms. The zero-order valence-corrected chi connectivity index (χ0v) is 13.2. The Hall–Kier alpha value is -2.62. The number of fused-ring (bicyclic) bond motifs is 1. The average Bonchev–Trinajstić information content (AvgIpc) is 3.31. The molecule has 1 aliphatic rings. The maximum atomic E-state index is 12.5. The second-order valence-electron chi connectivity index (χ2n) is 6.21. The molecule has 0 spiro atoms. The van der Waals surface area contributed by atoms with Crippen LogP contribution >= 0.6 is 0 Å². The fourth-order valence-electron chi connectivity index (χ4n) is 3.28. The molecule has 1 amide bonds. The fraction of sp³-hybridized carbons (Fsp3) is 0.263. The van der Waals surface area contributed by atoms with Gasteiger partial charge < -0.3 is 9.84 Å². The third-order valence-electron chi connectivity index (χ3n) is 4.63. The van der Waals surface area contributed by atoms with Gasteiger partial charge in [0.15, 0.2) is 5.76 Å². The lowest BCUT2D eigenvalue weighted by Gasteiger charge is -2.07. The van der Waals surface area contributed by atoms with E-state index < -0.39 is 0 Å². The minimum atomic E-state index is 0.0227. The van der Waals surface area contributed by atoms with Crippen molar-refractivity contribution in [2.75, 3.05) is 5.32 Å². The quantitative estimate of drug-likeness (QED) is 0.789. The molecule has 1 aliphatic carbocycles. The Balaban J connectivity index is 1.56. The van der Waals surface area contributed by atoms with E-state index in [1.165, 1.54) is 16.3 Å². The molecule has 116 valence electrons. The second-order valence-corrected chi connectivity index (χ2v) is 6.21. The van der Waals surface area contributed by atoms with Crippen LogP contribution in [0.1, 0.15) is 29.4 Å². The third kappa shape index (κ3) is 2.40. The minimum Gasteiger partial charge on any atom is -0.359 e. The summed E-state index contributed by atoms with van der Waals surface area (Å²) >= 11 is 0. The van der Waals surface area contributed by atoms with E-state index >= 15 is 0 Å². The van der Waals surface area contributed by atoms with Gasteiger partial charge in [-0.15, -0.1) is 0 Å². The molecular formula is C19H18N2O2. The summed E-state index contributed by atoms with van der Waals surface area (Å²) in [6.07, 6.45) is 0.892. The lowest BCUT2D eigenvalue weighted by atomic mass is 10.00. The molecule has 2 aromatic carbocycles. The zero-order chi connectivity index (χ0) is 16.0. The van der Waals surface area contributed by atoms with Crippen LogP contribution in [0, 0.1) is 19.8 Å². The normalized spacial score (nSPS) is 19.7. The molecule has 0 unspecified atom stereocenters. The molecule has 1 fully saturated rings. The molecule has 4 rings (SSSR count). The van der Waals surface area contributed by atoms with Crippen LogP contribution in [-0.4, -0.2) is 11.1 Å². The summed E-state index contributed by atoms with van der Waals surface area (Å²) in [6, 6.07) is 14.6. The van der Waals surface area contributed by atoms with Gasteiger partial charge in [-0.05, 0) is 42.5 Å². The Bertz CT molecular complexity index is 873. The molecule has 0 saturated heterocycles. The Kier molecular flexibility index (Phi) is 3.18. The van der Waals surface area contributed by atoms with Crippen molar-refractivity contribution in [3.8, 4) is 0 Å². The first-order valence-corrected chi connectivity index (χ1v) is 7.86. The molecule has 3 aromatic rings. The number of hydrogen-bond acceptors (Lipinski definition) is 3. The van der Waals surface area contributed by atoms with Gasteiger partial charge in [0.05, 0.1) is 0 Å². The van der Waals surface area contributed by atoms with Gasteiger partial charge >= 0.3 is 0 Å². The van der Waals surface area contributed by atoms with Gasteiger partial charge in [-0.25, -0.2) is 0 Å². The van der Waals surface area contributed by atoms with Gasteiger partial charge in [-0.3, -0.25) is 4.79 Å². The number of nitrogens with zero attached hydrogens (tertiary/aromatic N) is 1. The molecule has 0 aliphatic heterocycles. The number of carbonyl (C=O) groups excluding carboxylic acids is 1. The van der Waals surface area contributed by atoms with Crippen LogP contribution in [0.5, 0.6) is 0 Å². The molecule has 1 heterocycles. The summed E-state index contributed by atoms with van der Waals surface area (Å²) in [6.45, 7) is 3.64. The summed E-state index contributed by atoms with van der Waals surface area (Å²) in [5.41, 5.74) is 2.69. The number of hydrogen-bond donors (Lipinski definition) is 1. The molecule has 2 atom stereocenters. The van der Waals surface area contributed by atoms with Crippen LogP contribution in [0.25, 0.3) is 10.8 Å². The maximum absolute atomic E-state index is 12.5. The van der Waals surface area contributed by atoms with Gasteiger partial charge in [0.1, 0.15) is 11.4 Å². The molecule has 1 N–H and O–H groups in total. The number of anilines is 1. The Morgan fingerprint density at radius 1 is 1.17 bits per heavy atom. The Morgan fingerprint density at radius 3 is 2.74 bits per heavy atom. The van der Waals surface area contributed by atoms with E-state index in [4.69, 9.17) is 4.52 Å². The van der Waals surface area contributed by atoms with E-state index in [9.17, 15) is 4.79 Å². The SMILES string of the molecule is Cc1noc(C)c1NC(=O)[C@H]1C[C@@H]1c1cccc2ccccc12. The molecule has 4 nitrogen and oxygen atoms in total. The summed E-state index contributed by atoms with van der Waals surface area (Å²) < 4.78 is 5.10. The van der Waals surface area contributed by atoms with Crippen molar-refractivity contribution >= 4 is 22.4 Å². The van der Waals surface area contributed by atoms with Crippen molar-refractivity contribution in [1.82, 2.24) is 5.16 Å². The number of nitrogens with one attached hydrogen (secondary N) is 1. The molecule has 4 heteroatoms. The average molecular weight is 306 g/mol. The molecular weight excluding hydrogens is 288 g/mol. The van der Waals surface area contributed by atoms with Crippen LogP contribution in [0.4, 0.5) is 5.69 Å². The van der Waals surface area contributed by atoms with Crippen LogP contribution in [0.3, 0.4) is 0 Å². The van der Waals surface area contributed by atoms with Crippen LogP contribution in [0.2, 0.25) is 0 Å². The lowest BCUT2D eigenvalue weighted by Crippen LogP contribution is -2.15. The Morgan fingerprint density at radius 2 is 1.96 bits per heavy atom. The zero-order valence-electron chi connectivity index (χ0n) is 13.2. The van der Waals surface area contributed by atoms with E-state index in [0.717, 1.165) is 12.1 Å². The number of aryl methyl sites for hydroxylation is 2. The molecule has 1 saturated carbocycles. The highest BCUT2D eigenvalue weighted by molar-refractivity contribution is 5.97. The number of carbonyl (C=O) groups is 1. The number of amides is 1. The first-order valence-electron chi connectivity index (χ1n) is 7.86. The topological polar surface area (TPSA) is 55.1 Å². The summed E-state index contributed by atoms with van der Waals surface area (Å²) in [7, 11) is 0. The van der Waals surface area contributed by atoms with Gasteiger partial charge in [-0.1, -0.05) is 47.6 Å². The third-order valence-corrected chi connectivity index (χ3v) is 4.63. The largest absolute Gasteiger partial charge is 0.359 e.